The fourth-order valence-electron chi connectivity index (χ4n) is 2.47. The second-order valence-electron chi connectivity index (χ2n) is 4.84. The number of hydrogen-bond donors (Lipinski definition) is 0. The Morgan fingerprint density at radius 2 is 1.94 bits per heavy atom. The third-order valence-corrected chi connectivity index (χ3v) is 3.63. The highest BCUT2D eigenvalue weighted by Crippen LogP contribution is 2.36. The number of rotatable bonds is 0. The Kier molecular flexibility index (Phi) is 2.25. The molecule has 1 aromatic rings. The lowest BCUT2D eigenvalue weighted by molar-refractivity contribution is 0.0473. The molecule has 2 aliphatic heterocycles. The third-order valence-electron chi connectivity index (χ3n) is 3.63. The lowest BCUT2D eigenvalue weighted by Crippen LogP contribution is -2.46. The number of likely N-dealkylation sites (tertiary alicyclic amines) is 1. The maximum absolute atomic E-state index is 6.20. The van der Waals surface area contributed by atoms with Gasteiger partial charge < -0.3 is 9.64 Å². The van der Waals surface area contributed by atoms with Crippen LogP contribution in [0.3, 0.4) is 0 Å². The number of para-hydroxylation sites is 1. The van der Waals surface area contributed by atoms with Crippen LogP contribution in [0.2, 0.25) is 0 Å². The van der Waals surface area contributed by atoms with E-state index >= 15 is 0 Å². The quantitative estimate of drug-likeness (QED) is 0.659. The first-order chi connectivity index (χ1) is 7.77. The molecule has 0 saturated carbocycles. The lowest BCUT2D eigenvalue weighted by atomic mass is 9.88. The molecule has 1 fully saturated rings. The van der Waals surface area contributed by atoms with Crippen LogP contribution in [0.4, 0.5) is 0 Å². The summed E-state index contributed by atoms with van der Waals surface area (Å²) in [5.41, 5.74) is 1.16. The second kappa shape index (κ2) is 3.63. The van der Waals surface area contributed by atoms with E-state index in [0.717, 1.165) is 31.7 Å². The molecule has 3 rings (SSSR count). The molecule has 1 saturated heterocycles. The summed E-state index contributed by atoms with van der Waals surface area (Å²) in [5.74, 6) is 1.04. The highest BCUT2D eigenvalue weighted by molar-refractivity contribution is 5.60. The fourth-order valence-corrected chi connectivity index (χ4v) is 2.47. The predicted molar refractivity (Wildman–Crippen MR) is 65.6 cm³/mol. The van der Waals surface area contributed by atoms with Crippen LogP contribution < -0.4 is 4.74 Å². The molecule has 0 unspecified atom stereocenters. The maximum Gasteiger partial charge on any atom is 0.130 e. The van der Waals surface area contributed by atoms with E-state index in [0.29, 0.717) is 0 Å². The standard InChI is InChI=1S/C14H17NO/c1-15-10-8-14(9-11-15)7-6-12-4-2-3-5-13(12)16-14/h2-7H,8-11H2,1H3. The van der Waals surface area contributed by atoms with Crippen molar-refractivity contribution < 1.29 is 4.74 Å². The zero-order chi connectivity index (χ0) is 11.0. The van der Waals surface area contributed by atoms with Gasteiger partial charge in [-0.15, -0.1) is 0 Å². The minimum absolute atomic E-state index is 0.0408. The summed E-state index contributed by atoms with van der Waals surface area (Å²) in [5, 5.41) is 0. The summed E-state index contributed by atoms with van der Waals surface area (Å²) in [7, 11) is 2.17. The zero-order valence-electron chi connectivity index (χ0n) is 9.65. The van der Waals surface area contributed by atoms with Crippen LogP contribution >= 0.6 is 0 Å². The van der Waals surface area contributed by atoms with Crippen LogP contribution in [-0.2, 0) is 0 Å². The summed E-state index contributed by atoms with van der Waals surface area (Å²) in [6, 6.07) is 8.27. The normalized spacial score (nSPS) is 22.8. The summed E-state index contributed by atoms with van der Waals surface area (Å²) in [6.45, 7) is 2.24. The predicted octanol–water partition coefficient (Wildman–Crippen LogP) is 2.56. The molecule has 84 valence electrons. The molecular weight excluding hydrogens is 198 g/mol. The smallest absolute Gasteiger partial charge is 0.130 e. The monoisotopic (exact) mass is 215 g/mol. The molecule has 1 aromatic carbocycles. The first-order valence-corrected chi connectivity index (χ1v) is 5.93. The number of ether oxygens (including phenoxy) is 1. The highest BCUT2D eigenvalue weighted by atomic mass is 16.5. The van der Waals surface area contributed by atoms with Crippen molar-refractivity contribution >= 4 is 6.08 Å². The zero-order valence-corrected chi connectivity index (χ0v) is 9.65. The summed E-state index contributed by atoms with van der Waals surface area (Å²) in [4.78, 5) is 2.36. The van der Waals surface area contributed by atoms with Gasteiger partial charge in [-0.3, -0.25) is 0 Å². The largest absolute Gasteiger partial charge is 0.482 e. The van der Waals surface area contributed by atoms with E-state index in [2.05, 4.69) is 42.3 Å². The molecule has 2 heteroatoms. The number of benzene rings is 1. The molecule has 2 aliphatic rings. The summed E-state index contributed by atoms with van der Waals surface area (Å²) < 4.78 is 6.20. The third kappa shape index (κ3) is 1.63. The lowest BCUT2D eigenvalue weighted by Gasteiger charge is -2.40. The van der Waals surface area contributed by atoms with Crippen molar-refractivity contribution in [2.45, 2.75) is 18.4 Å². The Balaban J connectivity index is 1.87. The van der Waals surface area contributed by atoms with Gasteiger partial charge in [0.15, 0.2) is 0 Å². The van der Waals surface area contributed by atoms with Gasteiger partial charge in [0.05, 0.1) is 0 Å². The van der Waals surface area contributed by atoms with Gasteiger partial charge in [-0.1, -0.05) is 24.3 Å². The van der Waals surface area contributed by atoms with E-state index in [4.69, 9.17) is 4.74 Å². The molecule has 16 heavy (non-hydrogen) atoms. The summed E-state index contributed by atoms with van der Waals surface area (Å²) in [6.07, 6.45) is 6.65. The number of hydrogen-bond acceptors (Lipinski definition) is 2. The Hall–Kier alpha value is -1.28. The van der Waals surface area contributed by atoms with Crippen molar-refractivity contribution in [1.82, 2.24) is 4.90 Å². The summed E-state index contributed by atoms with van der Waals surface area (Å²) >= 11 is 0. The van der Waals surface area contributed by atoms with Gasteiger partial charge in [-0.25, -0.2) is 0 Å². The minimum Gasteiger partial charge on any atom is -0.482 e. The van der Waals surface area contributed by atoms with Crippen molar-refractivity contribution in [2.24, 2.45) is 0 Å². The SMILES string of the molecule is CN1CCC2(C=Cc3ccccc3O2)CC1. The Labute approximate surface area is 96.5 Å². The topological polar surface area (TPSA) is 12.5 Å². The van der Waals surface area contributed by atoms with Crippen LogP contribution in [0, 0.1) is 0 Å². The molecule has 0 aliphatic carbocycles. The molecule has 0 radical (unpaired) electrons. The van der Waals surface area contributed by atoms with Crippen LogP contribution in [0.1, 0.15) is 18.4 Å². The van der Waals surface area contributed by atoms with Gasteiger partial charge in [0.1, 0.15) is 11.4 Å². The van der Waals surface area contributed by atoms with Gasteiger partial charge in [0.25, 0.3) is 0 Å². The van der Waals surface area contributed by atoms with E-state index < -0.39 is 0 Å². The fraction of sp³-hybridized carbons (Fsp3) is 0.429. The van der Waals surface area contributed by atoms with Gasteiger partial charge in [-0.05, 0) is 19.2 Å². The van der Waals surface area contributed by atoms with E-state index in [1.54, 1.807) is 0 Å². The Morgan fingerprint density at radius 3 is 2.75 bits per heavy atom. The van der Waals surface area contributed by atoms with Gasteiger partial charge in [0.2, 0.25) is 0 Å². The van der Waals surface area contributed by atoms with Crippen molar-refractivity contribution in [3.05, 3.63) is 35.9 Å². The van der Waals surface area contributed by atoms with E-state index in [-0.39, 0.29) is 5.60 Å². The van der Waals surface area contributed by atoms with Crippen LogP contribution in [0.25, 0.3) is 6.08 Å². The van der Waals surface area contributed by atoms with Crippen molar-refractivity contribution in [2.75, 3.05) is 20.1 Å². The first-order valence-electron chi connectivity index (χ1n) is 5.93. The Morgan fingerprint density at radius 1 is 1.19 bits per heavy atom. The molecule has 1 spiro atoms. The van der Waals surface area contributed by atoms with Crippen molar-refractivity contribution in [3.8, 4) is 5.75 Å². The maximum atomic E-state index is 6.20. The molecule has 2 heterocycles. The molecule has 0 atom stereocenters. The van der Waals surface area contributed by atoms with Crippen LogP contribution in [-0.4, -0.2) is 30.6 Å². The minimum atomic E-state index is -0.0408. The van der Waals surface area contributed by atoms with E-state index in [1.165, 1.54) is 5.56 Å². The average Bonchev–Trinajstić information content (AvgIpc) is 2.33. The van der Waals surface area contributed by atoms with Crippen LogP contribution in [0.15, 0.2) is 30.3 Å². The van der Waals surface area contributed by atoms with E-state index in [9.17, 15) is 0 Å². The molecule has 0 N–H and O–H groups in total. The van der Waals surface area contributed by atoms with Crippen LogP contribution in [0.5, 0.6) is 5.75 Å². The molecule has 0 amide bonds. The van der Waals surface area contributed by atoms with Gasteiger partial charge in [0, 0.05) is 31.5 Å². The average molecular weight is 215 g/mol. The molecular formula is C14H17NO. The van der Waals surface area contributed by atoms with Gasteiger partial charge in [-0.2, -0.15) is 0 Å². The molecule has 0 aromatic heterocycles. The van der Waals surface area contributed by atoms with Gasteiger partial charge >= 0.3 is 0 Å². The van der Waals surface area contributed by atoms with Crippen molar-refractivity contribution in [3.63, 3.8) is 0 Å². The van der Waals surface area contributed by atoms with Crippen molar-refractivity contribution in [1.29, 1.82) is 0 Å². The highest BCUT2D eigenvalue weighted by Gasteiger charge is 2.35. The molecule has 0 bridgehead atoms. The number of piperidine rings is 1. The molecule has 2 nitrogen and oxygen atoms in total. The Bertz CT molecular complexity index is 416. The number of fused-ring (bicyclic) bond motifs is 1. The van der Waals surface area contributed by atoms with E-state index in [1.807, 2.05) is 6.07 Å². The first kappa shape index (κ1) is 9.91. The second-order valence-corrected chi connectivity index (χ2v) is 4.84. The number of nitrogens with zero attached hydrogens (tertiary/aromatic N) is 1.